The van der Waals surface area contributed by atoms with Crippen molar-refractivity contribution in [3.8, 4) is 0 Å². The molecule has 0 heterocycles. The summed E-state index contributed by atoms with van der Waals surface area (Å²) in [6, 6.07) is 21.0. The molecule has 0 unspecified atom stereocenters. The maximum atomic E-state index is 12.6. The van der Waals surface area contributed by atoms with E-state index >= 15 is 0 Å². The summed E-state index contributed by atoms with van der Waals surface area (Å²) < 4.78 is 0. The smallest absolute Gasteiger partial charge is 0.319 e. The third-order valence-electron chi connectivity index (χ3n) is 6.15. The molecule has 9 nitrogen and oxygen atoms in total. The number of anilines is 1. The Kier molecular flexibility index (Phi) is 11.9. The summed E-state index contributed by atoms with van der Waals surface area (Å²) in [5.74, 6) is -0.334. The van der Waals surface area contributed by atoms with Crippen molar-refractivity contribution in [1.82, 2.24) is 16.0 Å². The summed E-state index contributed by atoms with van der Waals surface area (Å²) in [5.41, 5.74) is 9.75. The highest BCUT2D eigenvalue weighted by Crippen LogP contribution is 2.11. The van der Waals surface area contributed by atoms with E-state index in [1.807, 2.05) is 43.3 Å². The van der Waals surface area contributed by atoms with Crippen LogP contribution in [0.15, 0.2) is 72.8 Å². The molecule has 210 valence electrons. The maximum Gasteiger partial charge on any atom is 0.319 e. The van der Waals surface area contributed by atoms with Crippen molar-refractivity contribution in [2.45, 2.75) is 45.7 Å². The fraction of sp³-hybridized carbons (Fsp3) is 0.290. The molecule has 0 aliphatic rings. The van der Waals surface area contributed by atoms with E-state index in [0.717, 1.165) is 23.1 Å². The Morgan fingerprint density at radius 1 is 0.675 bits per heavy atom. The normalized spacial score (nSPS) is 10.4. The lowest BCUT2D eigenvalue weighted by atomic mass is 10.0. The minimum Gasteiger partial charge on any atom is -0.348 e. The molecule has 0 saturated carbocycles. The van der Waals surface area contributed by atoms with E-state index in [-0.39, 0.29) is 23.6 Å². The Balaban J connectivity index is 1.43. The molecule has 0 fully saturated rings. The van der Waals surface area contributed by atoms with Crippen LogP contribution in [-0.2, 0) is 24.3 Å². The van der Waals surface area contributed by atoms with Crippen molar-refractivity contribution in [3.63, 3.8) is 0 Å². The quantitative estimate of drug-likeness (QED) is 0.209. The zero-order valence-electron chi connectivity index (χ0n) is 22.8. The first-order chi connectivity index (χ1) is 19.4. The molecule has 0 bridgehead atoms. The molecule has 0 aromatic heterocycles. The Hall–Kier alpha value is -4.50. The molecular formula is C31H37N5O4. The fourth-order valence-corrected chi connectivity index (χ4v) is 3.85. The lowest BCUT2D eigenvalue weighted by Crippen LogP contribution is -2.29. The monoisotopic (exact) mass is 543 g/mol. The number of carbonyl (C=O) groups excluding carboxylic acids is 4. The Labute approximate surface area is 234 Å². The molecule has 0 saturated heterocycles. The van der Waals surface area contributed by atoms with Crippen LogP contribution in [0.2, 0.25) is 0 Å². The van der Waals surface area contributed by atoms with Gasteiger partial charge in [0.05, 0.1) is 0 Å². The lowest BCUT2D eigenvalue weighted by molar-refractivity contribution is -0.118. The topological polar surface area (TPSA) is 142 Å². The third-order valence-corrected chi connectivity index (χ3v) is 6.15. The number of hydrogen-bond donors (Lipinski definition) is 5. The molecule has 9 heteroatoms. The molecular weight excluding hydrogens is 506 g/mol. The van der Waals surface area contributed by atoms with Gasteiger partial charge in [0.2, 0.25) is 0 Å². The molecule has 0 spiro atoms. The van der Waals surface area contributed by atoms with Gasteiger partial charge in [0, 0.05) is 49.3 Å². The number of amides is 4. The van der Waals surface area contributed by atoms with Gasteiger partial charge in [0.1, 0.15) is 5.78 Å². The van der Waals surface area contributed by atoms with Gasteiger partial charge in [-0.3, -0.25) is 14.4 Å². The largest absolute Gasteiger partial charge is 0.348 e. The van der Waals surface area contributed by atoms with Crippen molar-refractivity contribution in [3.05, 3.63) is 101 Å². The highest BCUT2D eigenvalue weighted by Gasteiger charge is 2.10. The first-order valence-electron chi connectivity index (χ1n) is 13.5. The van der Waals surface area contributed by atoms with Crippen molar-refractivity contribution < 1.29 is 19.2 Å². The van der Waals surface area contributed by atoms with Crippen molar-refractivity contribution in [2.24, 2.45) is 5.73 Å². The molecule has 4 amide bonds. The number of nitrogens with one attached hydrogen (secondary N) is 4. The second kappa shape index (κ2) is 15.8. The van der Waals surface area contributed by atoms with Gasteiger partial charge in [-0.15, -0.1) is 0 Å². The standard InChI is InChI=1S/C31H37N5O4/c1-2-18-33-31(40)36-27-15-9-24(10-16-27)21-35-30(39)26-13-11-25(12-14-26)29(38)34-20-23-7-5-22(6-8-23)19-28(37)4-3-17-32/h5-16H,2-4,17-21,32H2,1H3,(H,34,38)(H,35,39)(H2,33,36,40). The number of urea groups is 1. The van der Waals surface area contributed by atoms with Gasteiger partial charge in [-0.05, 0) is 72.5 Å². The van der Waals surface area contributed by atoms with Gasteiger partial charge < -0.3 is 27.0 Å². The average Bonchev–Trinajstić information content (AvgIpc) is 2.98. The van der Waals surface area contributed by atoms with Crippen LogP contribution in [0.5, 0.6) is 0 Å². The molecule has 6 N–H and O–H groups in total. The lowest BCUT2D eigenvalue weighted by Gasteiger charge is -2.09. The number of hydrogen-bond acceptors (Lipinski definition) is 5. The number of nitrogens with two attached hydrogens (primary N) is 1. The summed E-state index contributed by atoms with van der Waals surface area (Å²) >= 11 is 0. The van der Waals surface area contributed by atoms with Crippen LogP contribution in [0, 0.1) is 0 Å². The van der Waals surface area contributed by atoms with Crippen LogP contribution in [0.3, 0.4) is 0 Å². The Bertz CT molecular complexity index is 1170. The third kappa shape index (κ3) is 9.99. The van der Waals surface area contributed by atoms with Gasteiger partial charge >= 0.3 is 6.03 Å². The van der Waals surface area contributed by atoms with Gasteiger partial charge in [0.25, 0.3) is 11.8 Å². The van der Waals surface area contributed by atoms with Crippen LogP contribution in [0.25, 0.3) is 0 Å². The molecule has 40 heavy (non-hydrogen) atoms. The second-order valence-corrected chi connectivity index (χ2v) is 9.44. The average molecular weight is 544 g/mol. The highest BCUT2D eigenvalue weighted by atomic mass is 16.2. The van der Waals surface area contributed by atoms with E-state index in [4.69, 9.17) is 5.73 Å². The maximum absolute atomic E-state index is 12.6. The predicted octanol–water partition coefficient (Wildman–Crippen LogP) is 3.93. The molecule has 3 aromatic carbocycles. The van der Waals surface area contributed by atoms with Crippen LogP contribution in [0.4, 0.5) is 10.5 Å². The van der Waals surface area contributed by atoms with E-state index in [0.29, 0.717) is 62.3 Å². The van der Waals surface area contributed by atoms with E-state index < -0.39 is 0 Å². The molecule has 0 aliphatic carbocycles. The number of Topliss-reactive ketones (excluding diaryl/α,β-unsaturated/α-hetero) is 1. The van der Waals surface area contributed by atoms with Crippen LogP contribution < -0.4 is 27.0 Å². The van der Waals surface area contributed by atoms with Gasteiger partial charge in [0.15, 0.2) is 0 Å². The molecule has 0 aliphatic heterocycles. The summed E-state index contributed by atoms with van der Waals surface area (Å²) in [5, 5.41) is 11.2. The first kappa shape index (κ1) is 30.0. The Morgan fingerprint density at radius 2 is 1.18 bits per heavy atom. The number of rotatable bonds is 14. The fourth-order valence-electron chi connectivity index (χ4n) is 3.85. The zero-order valence-corrected chi connectivity index (χ0v) is 22.8. The van der Waals surface area contributed by atoms with Gasteiger partial charge in [-0.2, -0.15) is 0 Å². The van der Waals surface area contributed by atoms with Gasteiger partial charge in [-0.1, -0.05) is 43.3 Å². The predicted molar refractivity (Wildman–Crippen MR) is 156 cm³/mol. The molecule has 0 radical (unpaired) electrons. The summed E-state index contributed by atoms with van der Waals surface area (Å²) in [6.45, 7) is 3.77. The summed E-state index contributed by atoms with van der Waals surface area (Å²) in [4.78, 5) is 48.8. The van der Waals surface area contributed by atoms with Crippen molar-refractivity contribution in [2.75, 3.05) is 18.4 Å². The number of carbonyl (C=O) groups is 4. The van der Waals surface area contributed by atoms with E-state index in [1.165, 1.54) is 0 Å². The molecule has 3 aromatic rings. The Morgan fingerprint density at radius 3 is 1.68 bits per heavy atom. The SMILES string of the molecule is CCCNC(=O)Nc1ccc(CNC(=O)c2ccc(C(=O)NCc3ccc(CC(=O)CCCN)cc3)cc2)cc1. The zero-order chi connectivity index (χ0) is 28.7. The van der Waals surface area contributed by atoms with Crippen LogP contribution in [0.1, 0.15) is 63.6 Å². The molecule has 3 rings (SSSR count). The van der Waals surface area contributed by atoms with E-state index in [2.05, 4.69) is 21.3 Å². The number of benzene rings is 3. The van der Waals surface area contributed by atoms with E-state index in [9.17, 15) is 19.2 Å². The summed E-state index contributed by atoms with van der Waals surface area (Å²) in [6.07, 6.45) is 2.43. The highest BCUT2D eigenvalue weighted by molar-refractivity contribution is 5.97. The minimum absolute atomic E-state index is 0.167. The van der Waals surface area contributed by atoms with E-state index in [1.54, 1.807) is 36.4 Å². The van der Waals surface area contributed by atoms with Crippen LogP contribution >= 0.6 is 0 Å². The van der Waals surface area contributed by atoms with Crippen molar-refractivity contribution in [1.29, 1.82) is 0 Å². The van der Waals surface area contributed by atoms with Crippen LogP contribution in [-0.4, -0.2) is 36.7 Å². The summed E-state index contributed by atoms with van der Waals surface area (Å²) in [7, 11) is 0. The minimum atomic E-state index is -0.255. The first-order valence-corrected chi connectivity index (χ1v) is 13.5. The van der Waals surface area contributed by atoms with Gasteiger partial charge in [-0.25, -0.2) is 4.79 Å². The second-order valence-electron chi connectivity index (χ2n) is 9.44. The number of ketones is 1. The van der Waals surface area contributed by atoms with Crippen molar-refractivity contribution >= 4 is 29.3 Å². The molecule has 0 atom stereocenters.